The van der Waals surface area contributed by atoms with Gasteiger partial charge in [-0.25, -0.2) is 0 Å². The average Bonchev–Trinajstić information content (AvgIpc) is 2.73. The van der Waals surface area contributed by atoms with Crippen molar-refractivity contribution >= 4 is 34.1 Å². The first kappa shape index (κ1) is 17.7. The summed E-state index contributed by atoms with van der Waals surface area (Å²) in [4.78, 5) is 2.23. The number of rotatable bonds is 5. The second-order valence-corrected chi connectivity index (χ2v) is 6.77. The van der Waals surface area contributed by atoms with Crippen LogP contribution < -0.4 is 16.0 Å². The van der Waals surface area contributed by atoms with E-state index in [9.17, 15) is 0 Å². The lowest BCUT2D eigenvalue weighted by Crippen LogP contribution is -2.11. The number of nitrogens with two attached hydrogens (primary N) is 1. The van der Waals surface area contributed by atoms with Crippen LogP contribution in [-0.2, 0) is 0 Å². The Hall–Kier alpha value is -3.72. The summed E-state index contributed by atoms with van der Waals surface area (Å²) in [5.74, 6) is 0. The van der Waals surface area contributed by atoms with Crippen LogP contribution in [0.15, 0.2) is 103 Å². The molecule has 0 aromatic heterocycles. The molecule has 0 amide bonds. The van der Waals surface area contributed by atoms with Gasteiger partial charge in [-0.2, -0.15) is 0 Å². The molecule has 4 aromatic rings. The number of aryl methyl sites for hydroxylation is 1. The van der Waals surface area contributed by atoms with Gasteiger partial charge in [0, 0.05) is 22.7 Å². The fraction of sp³-hybridized carbons (Fsp3) is 0.0400. The molecule has 0 heterocycles. The lowest BCUT2D eigenvalue weighted by molar-refractivity contribution is 1.28. The van der Waals surface area contributed by atoms with E-state index >= 15 is 0 Å². The molecule has 0 unspecified atom stereocenters. The lowest BCUT2D eigenvalue weighted by atomic mass is 10.1. The van der Waals surface area contributed by atoms with Gasteiger partial charge in [-0.15, -0.1) is 0 Å². The molecule has 3 heteroatoms. The van der Waals surface area contributed by atoms with E-state index in [4.69, 9.17) is 5.73 Å². The SMILES string of the molecule is Cc1ccc(Nc2ccccc2N(c2ccccc2)c2ccc(N)cc2)cc1. The van der Waals surface area contributed by atoms with Crippen LogP contribution >= 0.6 is 0 Å². The van der Waals surface area contributed by atoms with Crippen molar-refractivity contribution in [2.45, 2.75) is 6.92 Å². The molecule has 0 saturated carbocycles. The van der Waals surface area contributed by atoms with Crippen LogP contribution in [0.2, 0.25) is 0 Å². The van der Waals surface area contributed by atoms with E-state index in [1.807, 2.05) is 36.4 Å². The lowest BCUT2D eigenvalue weighted by Gasteiger charge is -2.28. The number of hydrogen-bond acceptors (Lipinski definition) is 3. The number of nitrogens with one attached hydrogen (secondary N) is 1. The van der Waals surface area contributed by atoms with Crippen molar-refractivity contribution in [3.8, 4) is 0 Å². The summed E-state index contributed by atoms with van der Waals surface area (Å²) in [5, 5.41) is 3.56. The molecule has 0 saturated heterocycles. The van der Waals surface area contributed by atoms with Crippen LogP contribution in [0.25, 0.3) is 0 Å². The van der Waals surface area contributed by atoms with Crippen molar-refractivity contribution in [3.63, 3.8) is 0 Å². The van der Waals surface area contributed by atoms with Crippen LogP contribution in [-0.4, -0.2) is 0 Å². The maximum Gasteiger partial charge on any atom is 0.0696 e. The van der Waals surface area contributed by atoms with Crippen LogP contribution in [0.5, 0.6) is 0 Å². The zero-order valence-corrected chi connectivity index (χ0v) is 15.8. The summed E-state index contributed by atoms with van der Waals surface area (Å²) in [6.07, 6.45) is 0. The zero-order valence-electron chi connectivity index (χ0n) is 15.8. The monoisotopic (exact) mass is 365 g/mol. The normalized spacial score (nSPS) is 10.5. The number of nitrogens with zero attached hydrogens (tertiary/aromatic N) is 1. The third-order valence-corrected chi connectivity index (χ3v) is 4.64. The van der Waals surface area contributed by atoms with Gasteiger partial charge in [0.1, 0.15) is 0 Å². The molecule has 3 N–H and O–H groups in total. The summed E-state index contributed by atoms with van der Waals surface area (Å²) >= 11 is 0. The first-order valence-electron chi connectivity index (χ1n) is 9.34. The minimum absolute atomic E-state index is 0.753. The van der Waals surface area contributed by atoms with Gasteiger partial charge >= 0.3 is 0 Å². The number of anilines is 6. The number of para-hydroxylation sites is 3. The molecule has 0 bridgehead atoms. The maximum absolute atomic E-state index is 5.92. The van der Waals surface area contributed by atoms with E-state index in [0.717, 1.165) is 34.1 Å². The summed E-state index contributed by atoms with van der Waals surface area (Å²) in [5.41, 5.74) is 13.2. The van der Waals surface area contributed by atoms with Gasteiger partial charge < -0.3 is 16.0 Å². The van der Waals surface area contributed by atoms with Crippen LogP contribution in [0.1, 0.15) is 5.56 Å². The first-order valence-corrected chi connectivity index (χ1v) is 9.34. The molecule has 0 aliphatic carbocycles. The second kappa shape index (κ2) is 7.89. The highest BCUT2D eigenvalue weighted by Crippen LogP contribution is 2.39. The van der Waals surface area contributed by atoms with Crippen molar-refractivity contribution in [2.75, 3.05) is 16.0 Å². The minimum atomic E-state index is 0.753. The van der Waals surface area contributed by atoms with Gasteiger partial charge in [0.05, 0.1) is 11.4 Å². The van der Waals surface area contributed by atoms with E-state index in [1.54, 1.807) is 0 Å². The van der Waals surface area contributed by atoms with Gasteiger partial charge in [0.2, 0.25) is 0 Å². The highest BCUT2D eigenvalue weighted by Gasteiger charge is 2.15. The predicted molar refractivity (Wildman–Crippen MR) is 120 cm³/mol. The van der Waals surface area contributed by atoms with Crippen LogP contribution in [0.4, 0.5) is 34.1 Å². The summed E-state index contributed by atoms with van der Waals surface area (Å²) < 4.78 is 0. The second-order valence-electron chi connectivity index (χ2n) is 6.77. The van der Waals surface area contributed by atoms with E-state index in [1.165, 1.54) is 5.56 Å². The Morgan fingerprint density at radius 1 is 0.643 bits per heavy atom. The third-order valence-electron chi connectivity index (χ3n) is 4.64. The summed E-state index contributed by atoms with van der Waals surface area (Å²) in [6.45, 7) is 2.09. The average molecular weight is 365 g/mol. The zero-order chi connectivity index (χ0) is 19.3. The van der Waals surface area contributed by atoms with Crippen molar-refractivity contribution < 1.29 is 0 Å². The molecular weight excluding hydrogens is 342 g/mol. The quantitative estimate of drug-likeness (QED) is 0.383. The van der Waals surface area contributed by atoms with E-state index in [-0.39, 0.29) is 0 Å². The molecule has 4 aromatic carbocycles. The largest absolute Gasteiger partial charge is 0.399 e. The third kappa shape index (κ3) is 3.84. The smallest absolute Gasteiger partial charge is 0.0696 e. The van der Waals surface area contributed by atoms with E-state index in [0.29, 0.717) is 0 Å². The van der Waals surface area contributed by atoms with Gasteiger partial charge in [0.15, 0.2) is 0 Å². The fourth-order valence-electron chi connectivity index (χ4n) is 3.19. The van der Waals surface area contributed by atoms with Crippen molar-refractivity contribution in [3.05, 3.63) is 109 Å². The van der Waals surface area contributed by atoms with Gasteiger partial charge in [-0.3, -0.25) is 0 Å². The van der Waals surface area contributed by atoms with Gasteiger partial charge in [-0.05, 0) is 67.6 Å². The molecule has 3 nitrogen and oxygen atoms in total. The molecule has 0 aliphatic heterocycles. The Morgan fingerprint density at radius 2 is 1.25 bits per heavy atom. The molecule has 0 fully saturated rings. The molecule has 0 spiro atoms. The molecule has 0 aliphatic rings. The molecule has 0 atom stereocenters. The number of nitrogen functional groups attached to an aromatic ring is 1. The van der Waals surface area contributed by atoms with Gasteiger partial charge in [0.25, 0.3) is 0 Å². The molecule has 4 rings (SSSR count). The topological polar surface area (TPSA) is 41.3 Å². The van der Waals surface area contributed by atoms with E-state index in [2.05, 4.69) is 83.9 Å². The Bertz CT molecular complexity index is 1040. The standard InChI is InChI=1S/C25H23N3/c1-19-11-15-21(16-12-19)27-24-9-5-6-10-25(24)28(22-7-3-2-4-8-22)23-17-13-20(26)14-18-23/h2-18,27H,26H2,1H3. The number of hydrogen-bond donors (Lipinski definition) is 2. The minimum Gasteiger partial charge on any atom is -0.399 e. The van der Waals surface area contributed by atoms with Crippen molar-refractivity contribution in [1.29, 1.82) is 0 Å². The van der Waals surface area contributed by atoms with Gasteiger partial charge in [-0.1, -0.05) is 48.0 Å². The molecular formula is C25H23N3. The number of benzene rings is 4. The summed E-state index contributed by atoms with van der Waals surface area (Å²) in [7, 11) is 0. The molecule has 138 valence electrons. The Morgan fingerprint density at radius 3 is 1.96 bits per heavy atom. The Kier molecular flexibility index (Phi) is 4.98. The Balaban J connectivity index is 1.80. The van der Waals surface area contributed by atoms with Crippen molar-refractivity contribution in [1.82, 2.24) is 0 Å². The van der Waals surface area contributed by atoms with E-state index < -0.39 is 0 Å². The Labute approximate surface area is 166 Å². The summed E-state index contributed by atoms with van der Waals surface area (Å²) in [6, 6.07) is 35.1. The van der Waals surface area contributed by atoms with Crippen LogP contribution in [0.3, 0.4) is 0 Å². The predicted octanol–water partition coefficient (Wildman–Crippen LogP) is 6.79. The highest BCUT2D eigenvalue weighted by atomic mass is 15.2. The molecule has 0 radical (unpaired) electrons. The van der Waals surface area contributed by atoms with Crippen LogP contribution in [0, 0.1) is 6.92 Å². The van der Waals surface area contributed by atoms with Crippen molar-refractivity contribution in [2.24, 2.45) is 0 Å². The maximum atomic E-state index is 5.92. The first-order chi connectivity index (χ1) is 13.7. The fourth-order valence-corrected chi connectivity index (χ4v) is 3.19. The highest BCUT2D eigenvalue weighted by molar-refractivity contribution is 5.86. The molecule has 28 heavy (non-hydrogen) atoms.